The summed E-state index contributed by atoms with van der Waals surface area (Å²) in [6.07, 6.45) is 6.15. The molecule has 0 unspecified atom stereocenters. The van der Waals surface area contributed by atoms with E-state index in [0.29, 0.717) is 0 Å². The molecule has 74 valence electrons. The Morgan fingerprint density at radius 1 is 1.36 bits per heavy atom. The first-order chi connectivity index (χ1) is 6.77. The fraction of sp³-hybridized carbons (Fsp3) is 0.231. The second-order valence-corrected chi connectivity index (χ2v) is 3.11. The highest BCUT2D eigenvalue weighted by atomic mass is 16.5. The van der Waals surface area contributed by atoms with Crippen LogP contribution in [0.15, 0.2) is 42.5 Å². The predicted molar refractivity (Wildman–Crippen MR) is 61.5 cm³/mol. The molecule has 0 radical (unpaired) electrons. The van der Waals surface area contributed by atoms with E-state index in [0.717, 1.165) is 5.75 Å². The number of methoxy groups -OCH3 is 1. The Hall–Kier alpha value is -1.50. The molecule has 0 aliphatic carbocycles. The van der Waals surface area contributed by atoms with E-state index in [9.17, 15) is 0 Å². The van der Waals surface area contributed by atoms with E-state index in [1.165, 1.54) is 11.1 Å². The summed E-state index contributed by atoms with van der Waals surface area (Å²) in [5.74, 6) is 0.899. The smallest absolute Gasteiger partial charge is 0.119 e. The molecule has 0 saturated heterocycles. The van der Waals surface area contributed by atoms with Crippen molar-refractivity contribution in [3.63, 3.8) is 0 Å². The number of ether oxygens (including phenoxy) is 1. The number of hydrogen-bond acceptors (Lipinski definition) is 1. The van der Waals surface area contributed by atoms with Crippen molar-refractivity contribution in [2.24, 2.45) is 0 Å². The largest absolute Gasteiger partial charge is 0.497 e. The molecule has 0 bridgehead atoms. The predicted octanol–water partition coefficient (Wildman–Crippen LogP) is 3.67. The van der Waals surface area contributed by atoms with Crippen LogP contribution in [0.4, 0.5) is 0 Å². The van der Waals surface area contributed by atoms with E-state index < -0.39 is 0 Å². The van der Waals surface area contributed by atoms with Gasteiger partial charge in [-0.3, -0.25) is 0 Å². The van der Waals surface area contributed by atoms with Gasteiger partial charge in [0.1, 0.15) is 5.75 Å². The molecule has 0 heterocycles. The van der Waals surface area contributed by atoms with Crippen LogP contribution in [0.5, 0.6) is 5.75 Å². The third-order valence-electron chi connectivity index (χ3n) is 2.06. The quantitative estimate of drug-likeness (QED) is 0.657. The lowest BCUT2D eigenvalue weighted by Crippen LogP contribution is -1.84. The van der Waals surface area contributed by atoms with E-state index in [-0.39, 0.29) is 0 Å². The minimum atomic E-state index is 0.899. The Morgan fingerprint density at radius 3 is 2.79 bits per heavy atom. The first kappa shape index (κ1) is 10.6. The molecular weight excluding hydrogens is 172 g/mol. The molecule has 1 nitrogen and oxygen atoms in total. The topological polar surface area (TPSA) is 9.23 Å². The average Bonchev–Trinajstić information content (AvgIpc) is 2.26. The zero-order chi connectivity index (χ0) is 10.4. The van der Waals surface area contributed by atoms with Gasteiger partial charge in [-0.25, -0.2) is 0 Å². The summed E-state index contributed by atoms with van der Waals surface area (Å²) in [5.41, 5.74) is 2.43. The van der Waals surface area contributed by atoms with Crippen LogP contribution in [-0.4, -0.2) is 7.11 Å². The van der Waals surface area contributed by atoms with Crippen molar-refractivity contribution in [1.82, 2.24) is 0 Å². The van der Waals surface area contributed by atoms with Crippen LogP contribution < -0.4 is 4.74 Å². The molecule has 0 atom stereocenters. The van der Waals surface area contributed by atoms with Crippen molar-refractivity contribution in [2.45, 2.75) is 13.8 Å². The lowest BCUT2D eigenvalue weighted by atomic mass is 10.1. The summed E-state index contributed by atoms with van der Waals surface area (Å²) < 4.78 is 5.16. The second kappa shape index (κ2) is 5.28. The molecule has 14 heavy (non-hydrogen) atoms. The summed E-state index contributed by atoms with van der Waals surface area (Å²) in [6.45, 7) is 4.10. The van der Waals surface area contributed by atoms with E-state index in [1.54, 1.807) is 7.11 Å². The molecule has 0 N–H and O–H groups in total. The molecule has 0 spiro atoms. The van der Waals surface area contributed by atoms with Gasteiger partial charge in [0.2, 0.25) is 0 Å². The molecular formula is C13H16O. The zero-order valence-corrected chi connectivity index (χ0v) is 8.95. The van der Waals surface area contributed by atoms with Gasteiger partial charge < -0.3 is 4.74 Å². The molecule has 0 saturated carbocycles. The van der Waals surface area contributed by atoms with Gasteiger partial charge in [0.25, 0.3) is 0 Å². The maximum Gasteiger partial charge on any atom is 0.119 e. The standard InChI is InChI=1S/C13H16O/c1-4-5-7-11(2)12-8-6-9-13(10-12)14-3/h4-10H,1-3H3/b5-4+,11-7-. The lowest BCUT2D eigenvalue weighted by Gasteiger charge is -2.03. The molecule has 0 fully saturated rings. The average molecular weight is 188 g/mol. The normalized spacial score (nSPS) is 12.1. The summed E-state index contributed by atoms with van der Waals surface area (Å²) in [4.78, 5) is 0. The van der Waals surface area contributed by atoms with Crippen molar-refractivity contribution < 1.29 is 4.74 Å². The summed E-state index contributed by atoms with van der Waals surface area (Å²) in [6, 6.07) is 8.07. The number of allylic oxidation sites excluding steroid dienone is 4. The molecule has 0 amide bonds. The first-order valence-electron chi connectivity index (χ1n) is 4.72. The summed E-state index contributed by atoms with van der Waals surface area (Å²) in [7, 11) is 1.68. The van der Waals surface area contributed by atoms with Crippen molar-refractivity contribution >= 4 is 5.57 Å². The van der Waals surface area contributed by atoms with Gasteiger partial charge in [0.05, 0.1) is 7.11 Å². The maximum absolute atomic E-state index is 5.16. The Balaban J connectivity index is 2.95. The molecule has 1 aromatic carbocycles. The molecule has 1 rings (SSSR count). The molecule has 0 aliphatic heterocycles. The van der Waals surface area contributed by atoms with Crippen molar-refractivity contribution in [3.8, 4) is 5.75 Å². The van der Waals surface area contributed by atoms with Gasteiger partial charge in [0.15, 0.2) is 0 Å². The molecule has 1 heteroatoms. The Labute approximate surface area is 85.7 Å². The van der Waals surface area contributed by atoms with Gasteiger partial charge in [-0.1, -0.05) is 30.4 Å². The highest BCUT2D eigenvalue weighted by Gasteiger charge is 1.96. The Morgan fingerprint density at radius 2 is 2.14 bits per heavy atom. The van der Waals surface area contributed by atoms with Gasteiger partial charge in [-0.2, -0.15) is 0 Å². The van der Waals surface area contributed by atoms with Gasteiger partial charge in [-0.15, -0.1) is 0 Å². The third kappa shape index (κ3) is 2.77. The van der Waals surface area contributed by atoms with E-state index in [4.69, 9.17) is 4.74 Å². The Bertz CT molecular complexity index is 348. The Kier molecular flexibility index (Phi) is 3.99. The van der Waals surface area contributed by atoms with Gasteiger partial charge >= 0.3 is 0 Å². The van der Waals surface area contributed by atoms with Gasteiger partial charge in [0, 0.05) is 0 Å². The van der Waals surface area contributed by atoms with Crippen LogP contribution in [0.1, 0.15) is 19.4 Å². The van der Waals surface area contributed by atoms with Crippen molar-refractivity contribution in [2.75, 3.05) is 7.11 Å². The monoisotopic (exact) mass is 188 g/mol. The van der Waals surface area contributed by atoms with Crippen LogP contribution in [0, 0.1) is 0 Å². The number of rotatable bonds is 3. The molecule has 0 aromatic heterocycles. The lowest BCUT2D eigenvalue weighted by molar-refractivity contribution is 0.414. The SMILES string of the molecule is C/C=C/C=C(/C)c1cccc(OC)c1. The minimum absolute atomic E-state index is 0.899. The highest BCUT2D eigenvalue weighted by molar-refractivity contribution is 5.66. The van der Waals surface area contributed by atoms with Crippen molar-refractivity contribution in [1.29, 1.82) is 0 Å². The third-order valence-corrected chi connectivity index (χ3v) is 2.06. The van der Waals surface area contributed by atoms with Gasteiger partial charge in [-0.05, 0) is 37.1 Å². The fourth-order valence-electron chi connectivity index (χ4n) is 1.21. The van der Waals surface area contributed by atoms with E-state index >= 15 is 0 Å². The van der Waals surface area contributed by atoms with Crippen LogP contribution in [0.3, 0.4) is 0 Å². The van der Waals surface area contributed by atoms with Crippen molar-refractivity contribution in [3.05, 3.63) is 48.1 Å². The fourth-order valence-corrected chi connectivity index (χ4v) is 1.21. The second-order valence-electron chi connectivity index (χ2n) is 3.11. The van der Waals surface area contributed by atoms with Crippen LogP contribution in [0.2, 0.25) is 0 Å². The van der Waals surface area contributed by atoms with Crippen LogP contribution in [0.25, 0.3) is 5.57 Å². The summed E-state index contributed by atoms with van der Waals surface area (Å²) >= 11 is 0. The van der Waals surface area contributed by atoms with Crippen LogP contribution in [-0.2, 0) is 0 Å². The number of hydrogen-bond donors (Lipinski definition) is 0. The van der Waals surface area contributed by atoms with Crippen LogP contribution >= 0.6 is 0 Å². The zero-order valence-electron chi connectivity index (χ0n) is 8.95. The number of benzene rings is 1. The molecule has 1 aromatic rings. The minimum Gasteiger partial charge on any atom is -0.497 e. The maximum atomic E-state index is 5.16. The van der Waals surface area contributed by atoms with E-state index in [2.05, 4.69) is 19.1 Å². The van der Waals surface area contributed by atoms with E-state index in [1.807, 2.05) is 37.3 Å². The highest BCUT2D eigenvalue weighted by Crippen LogP contribution is 2.19. The summed E-state index contributed by atoms with van der Waals surface area (Å²) in [5, 5.41) is 0. The molecule has 0 aliphatic rings. The first-order valence-corrected chi connectivity index (χ1v) is 4.72.